The van der Waals surface area contributed by atoms with E-state index in [1.807, 2.05) is 0 Å². The van der Waals surface area contributed by atoms with Crippen LogP contribution in [0, 0.1) is 5.82 Å². The Morgan fingerprint density at radius 2 is 2.38 bits per heavy atom. The third kappa shape index (κ3) is 1.93. The fraction of sp³-hybridized carbons (Fsp3) is 0.0909. The van der Waals surface area contributed by atoms with Crippen molar-refractivity contribution in [1.29, 1.82) is 0 Å². The highest BCUT2D eigenvalue weighted by atomic mass is 19.1. The summed E-state index contributed by atoms with van der Waals surface area (Å²) in [5, 5.41) is 9.72. The maximum absolute atomic E-state index is 13.0. The molecule has 0 fully saturated rings. The Labute approximate surface area is 91.2 Å². The number of hydrogen-bond donors (Lipinski definition) is 2. The van der Waals surface area contributed by atoms with Crippen molar-refractivity contribution >= 4 is 22.6 Å². The number of anilines is 1. The van der Waals surface area contributed by atoms with Crippen LogP contribution >= 0.6 is 0 Å². The van der Waals surface area contributed by atoms with Gasteiger partial charge >= 0.3 is 0 Å². The third-order valence-corrected chi connectivity index (χ3v) is 2.08. The van der Waals surface area contributed by atoms with Gasteiger partial charge in [-0.05, 0) is 31.2 Å². The van der Waals surface area contributed by atoms with Crippen LogP contribution in [0.15, 0.2) is 30.4 Å². The highest BCUT2D eigenvalue weighted by molar-refractivity contribution is 6.04. The number of nitrogens with zero attached hydrogens (tertiary/aromatic N) is 1. The van der Waals surface area contributed by atoms with Gasteiger partial charge < -0.3 is 5.32 Å². The number of allylic oxidation sites excluding steroid dienone is 1. The number of benzene rings is 1. The lowest BCUT2D eigenvalue weighted by Gasteiger charge is -1.97. The van der Waals surface area contributed by atoms with Gasteiger partial charge in [-0.3, -0.25) is 9.89 Å². The Bertz CT molecular complexity index is 559. The molecule has 2 rings (SSSR count). The highest BCUT2D eigenvalue weighted by Crippen LogP contribution is 2.20. The van der Waals surface area contributed by atoms with Gasteiger partial charge in [0.15, 0.2) is 5.82 Å². The number of fused-ring (bicyclic) bond motifs is 1. The minimum Gasteiger partial charge on any atom is -0.305 e. The minimum atomic E-state index is -0.365. The lowest BCUT2D eigenvalue weighted by atomic mass is 10.2. The lowest BCUT2D eigenvalue weighted by Crippen LogP contribution is -2.08. The fourth-order valence-electron chi connectivity index (χ4n) is 1.39. The molecule has 0 aliphatic heterocycles. The summed E-state index contributed by atoms with van der Waals surface area (Å²) < 4.78 is 13.0. The van der Waals surface area contributed by atoms with Gasteiger partial charge in [-0.2, -0.15) is 5.10 Å². The number of H-pyrrole nitrogens is 1. The van der Waals surface area contributed by atoms with Crippen molar-refractivity contribution < 1.29 is 9.18 Å². The molecule has 0 spiro atoms. The molecule has 2 aromatic rings. The second-order valence-electron chi connectivity index (χ2n) is 3.25. The van der Waals surface area contributed by atoms with Gasteiger partial charge in [0.05, 0.1) is 5.52 Å². The molecule has 5 heteroatoms. The third-order valence-electron chi connectivity index (χ3n) is 2.08. The van der Waals surface area contributed by atoms with Gasteiger partial charge in [0.25, 0.3) is 0 Å². The number of hydrogen-bond acceptors (Lipinski definition) is 2. The summed E-state index contributed by atoms with van der Waals surface area (Å²) in [6.07, 6.45) is 2.99. The number of aromatic amines is 1. The summed E-state index contributed by atoms with van der Waals surface area (Å²) in [4.78, 5) is 11.3. The quantitative estimate of drug-likeness (QED) is 0.761. The number of rotatable bonds is 2. The molecule has 0 aliphatic carbocycles. The van der Waals surface area contributed by atoms with Crippen LogP contribution < -0.4 is 5.32 Å². The van der Waals surface area contributed by atoms with E-state index in [-0.39, 0.29) is 11.7 Å². The van der Waals surface area contributed by atoms with Crippen molar-refractivity contribution in [2.75, 3.05) is 5.32 Å². The minimum absolute atomic E-state index is 0.292. The van der Waals surface area contributed by atoms with Gasteiger partial charge in [0.1, 0.15) is 5.82 Å². The first kappa shape index (κ1) is 10.4. The number of carbonyl (C=O) groups excluding carboxylic acids is 1. The van der Waals surface area contributed by atoms with Crippen LogP contribution in [0.1, 0.15) is 6.92 Å². The second-order valence-corrected chi connectivity index (χ2v) is 3.25. The van der Waals surface area contributed by atoms with Crippen LogP contribution in [0.4, 0.5) is 10.2 Å². The number of aromatic nitrogens is 2. The average molecular weight is 219 g/mol. The van der Waals surface area contributed by atoms with E-state index >= 15 is 0 Å². The largest absolute Gasteiger partial charge is 0.305 e. The Morgan fingerprint density at radius 1 is 1.56 bits per heavy atom. The molecule has 1 aromatic heterocycles. The van der Waals surface area contributed by atoms with E-state index in [1.54, 1.807) is 19.1 Å². The average Bonchev–Trinajstić information content (AvgIpc) is 2.61. The Morgan fingerprint density at radius 3 is 3.12 bits per heavy atom. The van der Waals surface area contributed by atoms with E-state index in [0.29, 0.717) is 16.7 Å². The van der Waals surface area contributed by atoms with Gasteiger partial charge in [0, 0.05) is 5.39 Å². The lowest BCUT2D eigenvalue weighted by molar-refractivity contribution is -0.111. The van der Waals surface area contributed by atoms with Crippen molar-refractivity contribution in [2.45, 2.75) is 6.92 Å². The highest BCUT2D eigenvalue weighted by Gasteiger charge is 2.07. The van der Waals surface area contributed by atoms with Crippen LogP contribution in [0.3, 0.4) is 0 Å². The first-order valence-corrected chi connectivity index (χ1v) is 4.78. The molecule has 2 N–H and O–H groups in total. The summed E-state index contributed by atoms with van der Waals surface area (Å²) >= 11 is 0. The van der Waals surface area contributed by atoms with Crippen LogP contribution in [0.5, 0.6) is 0 Å². The number of amides is 1. The van der Waals surface area contributed by atoms with E-state index in [0.717, 1.165) is 0 Å². The van der Waals surface area contributed by atoms with Crippen molar-refractivity contribution in [1.82, 2.24) is 10.2 Å². The first-order chi connectivity index (χ1) is 7.70. The molecule has 0 saturated heterocycles. The topological polar surface area (TPSA) is 57.8 Å². The molecule has 0 radical (unpaired) electrons. The van der Waals surface area contributed by atoms with Gasteiger partial charge in [0.2, 0.25) is 5.91 Å². The normalized spacial score (nSPS) is 11.1. The standard InChI is InChI=1S/C11H10FN3O/c1-2-3-10(16)13-11-8-6-7(12)4-5-9(8)14-15-11/h2-6H,1H3,(H2,13,14,15,16)/b3-2+. The number of carbonyl (C=O) groups is 1. The summed E-state index contributed by atoms with van der Waals surface area (Å²) in [6, 6.07) is 4.23. The van der Waals surface area contributed by atoms with Crippen LogP contribution in [0.2, 0.25) is 0 Å². The summed E-state index contributed by atoms with van der Waals surface area (Å²) in [5.74, 6) is -0.326. The molecular formula is C11H10FN3O. The van der Waals surface area contributed by atoms with Crippen molar-refractivity contribution in [3.05, 3.63) is 36.2 Å². The van der Waals surface area contributed by atoms with E-state index in [2.05, 4.69) is 15.5 Å². The zero-order valence-electron chi connectivity index (χ0n) is 8.62. The molecule has 0 saturated carbocycles. The molecule has 82 valence electrons. The van der Waals surface area contributed by atoms with Crippen molar-refractivity contribution in [2.24, 2.45) is 0 Å². The maximum Gasteiger partial charge on any atom is 0.249 e. The first-order valence-electron chi connectivity index (χ1n) is 4.78. The molecule has 1 heterocycles. The van der Waals surface area contributed by atoms with Crippen LogP contribution in [0.25, 0.3) is 10.9 Å². The van der Waals surface area contributed by atoms with Gasteiger partial charge in [-0.25, -0.2) is 4.39 Å². The number of nitrogens with one attached hydrogen (secondary N) is 2. The van der Waals surface area contributed by atoms with Crippen LogP contribution in [-0.2, 0) is 4.79 Å². The monoisotopic (exact) mass is 219 g/mol. The smallest absolute Gasteiger partial charge is 0.249 e. The van der Waals surface area contributed by atoms with E-state index in [9.17, 15) is 9.18 Å². The Balaban J connectivity index is 2.37. The Kier molecular flexibility index (Phi) is 2.68. The molecular weight excluding hydrogens is 209 g/mol. The molecule has 0 atom stereocenters. The molecule has 1 amide bonds. The predicted molar refractivity (Wildman–Crippen MR) is 59.5 cm³/mol. The number of halogens is 1. The maximum atomic E-state index is 13.0. The summed E-state index contributed by atoms with van der Waals surface area (Å²) in [6.45, 7) is 1.74. The zero-order valence-corrected chi connectivity index (χ0v) is 8.62. The molecule has 16 heavy (non-hydrogen) atoms. The zero-order chi connectivity index (χ0) is 11.5. The SMILES string of the molecule is C/C=C/C(=O)Nc1n[nH]c2ccc(F)cc12. The summed E-state index contributed by atoms with van der Waals surface area (Å²) in [7, 11) is 0. The van der Waals surface area contributed by atoms with E-state index in [1.165, 1.54) is 18.2 Å². The van der Waals surface area contributed by atoms with E-state index < -0.39 is 0 Å². The predicted octanol–water partition coefficient (Wildman–Crippen LogP) is 2.22. The van der Waals surface area contributed by atoms with Crippen molar-refractivity contribution in [3.8, 4) is 0 Å². The Hall–Kier alpha value is -2.17. The molecule has 0 aliphatic rings. The van der Waals surface area contributed by atoms with Gasteiger partial charge in [-0.1, -0.05) is 6.08 Å². The summed E-state index contributed by atoms with van der Waals surface area (Å²) in [5.41, 5.74) is 0.678. The van der Waals surface area contributed by atoms with E-state index in [4.69, 9.17) is 0 Å². The molecule has 0 unspecified atom stereocenters. The van der Waals surface area contributed by atoms with Crippen LogP contribution in [-0.4, -0.2) is 16.1 Å². The molecule has 1 aromatic carbocycles. The van der Waals surface area contributed by atoms with Gasteiger partial charge in [-0.15, -0.1) is 0 Å². The second kappa shape index (κ2) is 4.14. The molecule has 4 nitrogen and oxygen atoms in total. The van der Waals surface area contributed by atoms with Crippen molar-refractivity contribution in [3.63, 3.8) is 0 Å². The molecule has 0 bridgehead atoms. The fourth-order valence-corrected chi connectivity index (χ4v) is 1.39.